The summed E-state index contributed by atoms with van der Waals surface area (Å²) in [6.45, 7) is 4.31. The van der Waals surface area contributed by atoms with Crippen molar-refractivity contribution in [2.24, 2.45) is 0 Å². The molecular weight excluding hydrogens is 262 g/mol. The monoisotopic (exact) mass is 285 g/mol. The highest BCUT2D eigenvalue weighted by molar-refractivity contribution is 5.48. The van der Waals surface area contributed by atoms with Crippen LogP contribution < -0.4 is 10.1 Å². The molecular formula is C18H23NO2. The first kappa shape index (κ1) is 15.4. The summed E-state index contributed by atoms with van der Waals surface area (Å²) in [5.74, 6) is 0.914. The molecule has 112 valence electrons. The largest absolute Gasteiger partial charge is 0.494 e. The third kappa shape index (κ3) is 5.12. The van der Waals surface area contributed by atoms with Crippen LogP contribution in [0.1, 0.15) is 24.5 Å². The maximum absolute atomic E-state index is 5.64. The van der Waals surface area contributed by atoms with Gasteiger partial charge in [0.25, 0.3) is 0 Å². The predicted molar refractivity (Wildman–Crippen MR) is 86.7 cm³/mol. The molecule has 0 aliphatic heterocycles. The van der Waals surface area contributed by atoms with Crippen LogP contribution in [-0.2, 0) is 17.9 Å². The van der Waals surface area contributed by atoms with E-state index in [1.165, 1.54) is 11.1 Å². The predicted octanol–water partition coefficient (Wildman–Crippen LogP) is 4.23. The van der Waals surface area contributed by atoms with E-state index >= 15 is 0 Å². The molecule has 0 aromatic heterocycles. The Hall–Kier alpha value is -2.00. The first-order chi connectivity index (χ1) is 10.3. The Morgan fingerprint density at radius 2 is 1.76 bits per heavy atom. The molecule has 3 nitrogen and oxygen atoms in total. The summed E-state index contributed by atoms with van der Waals surface area (Å²) in [5, 5.41) is 3.42. The van der Waals surface area contributed by atoms with E-state index in [1.54, 1.807) is 7.11 Å². The summed E-state index contributed by atoms with van der Waals surface area (Å²) in [7, 11) is 1.71. The Labute approximate surface area is 126 Å². The molecule has 2 aromatic carbocycles. The van der Waals surface area contributed by atoms with E-state index in [0.717, 1.165) is 31.0 Å². The second-order valence-corrected chi connectivity index (χ2v) is 4.98. The summed E-state index contributed by atoms with van der Waals surface area (Å²) in [6, 6.07) is 16.5. The summed E-state index contributed by atoms with van der Waals surface area (Å²) in [5.41, 5.74) is 3.51. The van der Waals surface area contributed by atoms with Crippen LogP contribution in [0.3, 0.4) is 0 Å². The van der Waals surface area contributed by atoms with Gasteiger partial charge in [-0.15, -0.1) is 0 Å². The molecule has 21 heavy (non-hydrogen) atoms. The van der Waals surface area contributed by atoms with E-state index in [9.17, 15) is 0 Å². The van der Waals surface area contributed by atoms with Crippen molar-refractivity contribution in [2.75, 3.05) is 19.0 Å². The Balaban J connectivity index is 1.90. The number of ether oxygens (including phenoxy) is 2. The van der Waals surface area contributed by atoms with Crippen LogP contribution in [-0.4, -0.2) is 13.7 Å². The highest BCUT2D eigenvalue weighted by Crippen LogP contribution is 2.18. The Kier molecular flexibility index (Phi) is 6.10. The van der Waals surface area contributed by atoms with Gasteiger partial charge < -0.3 is 14.8 Å². The highest BCUT2D eigenvalue weighted by Gasteiger charge is 1.98. The molecule has 0 spiro atoms. The maximum Gasteiger partial charge on any atom is 0.121 e. The molecule has 0 fully saturated rings. The lowest BCUT2D eigenvalue weighted by atomic mass is 10.1. The topological polar surface area (TPSA) is 30.5 Å². The fourth-order valence-electron chi connectivity index (χ4n) is 2.04. The van der Waals surface area contributed by atoms with Crippen molar-refractivity contribution >= 4 is 5.69 Å². The van der Waals surface area contributed by atoms with Crippen molar-refractivity contribution < 1.29 is 9.47 Å². The van der Waals surface area contributed by atoms with E-state index < -0.39 is 0 Å². The minimum Gasteiger partial charge on any atom is -0.494 e. The minimum atomic E-state index is 0.657. The summed E-state index contributed by atoms with van der Waals surface area (Å²) < 4.78 is 10.7. The smallest absolute Gasteiger partial charge is 0.121 e. The fraction of sp³-hybridized carbons (Fsp3) is 0.333. The average Bonchev–Trinajstić information content (AvgIpc) is 2.53. The number of methoxy groups -OCH3 is 1. The number of anilines is 1. The molecule has 0 saturated carbocycles. The van der Waals surface area contributed by atoms with E-state index in [1.807, 2.05) is 18.2 Å². The Morgan fingerprint density at radius 3 is 2.48 bits per heavy atom. The average molecular weight is 285 g/mol. The summed E-state index contributed by atoms with van der Waals surface area (Å²) in [4.78, 5) is 0. The third-order valence-corrected chi connectivity index (χ3v) is 3.14. The summed E-state index contributed by atoms with van der Waals surface area (Å²) >= 11 is 0. The first-order valence-corrected chi connectivity index (χ1v) is 7.35. The van der Waals surface area contributed by atoms with Crippen molar-refractivity contribution in [3.63, 3.8) is 0 Å². The molecule has 0 bridgehead atoms. The van der Waals surface area contributed by atoms with Crippen molar-refractivity contribution in [1.29, 1.82) is 0 Å². The van der Waals surface area contributed by atoms with Gasteiger partial charge in [0.1, 0.15) is 5.75 Å². The van der Waals surface area contributed by atoms with Gasteiger partial charge >= 0.3 is 0 Å². The van der Waals surface area contributed by atoms with Gasteiger partial charge in [0.2, 0.25) is 0 Å². The van der Waals surface area contributed by atoms with Gasteiger partial charge in [-0.1, -0.05) is 37.3 Å². The van der Waals surface area contributed by atoms with E-state index in [2.05, 4.69) is 42.6 Å². The van der Waals surface area contributed by atoms with Gasteiger partial charge in [-0.3, -0.25) is 0 Å². The minimum absolute atomic E-state index is 0.657. The molecule has 0 aliphatic rings. The van der Waals surface area contributed by atoms with Crippen LogP contribution in [0, 0.1) is 0 Å². The number of hydrogen-bond donors (Lipinski definition) is 1. The Bertz CT molecular complexity index is 537. The van der Waals surface area contributed by atoms with Gasteiger partial charge in [0, 0.05) is 25.4 Å². The van der Waals surface area contributed by atoms with Gasteiger partial charge in [-0.05, 0) is 29.7 Å². The lowest BCUT2D eigenvalue weighted by Gasteiger charge is -2.10. The van der Waals surface area contributed by atoms with Crippen LogP contribution in [0.15, 0.2) is 48.5 Å². The van der Waals surface area contributed by atoms with Crippen molar-refractivity contribution in [3.05, 3.63) is 59.7 Å². The zero-order valence-corrected chi connectivity index (χ0v) is 12.8. The van der Waals surface area contributed by atoms with Crippen molar-refractivity contribution in [3.8, 4) is 5.75 Å². The molecule has 0 heterocycles. The van der Waals surface area contributed by atoms with Crippen molar-refractivity contribution in [1.82, 2.24) is 0 Å². The number of hydrogen-bond acceptors (Lipinski definition) is 3. The van der Waals surface area contributed by atoms with Gasteiger partial charge in [-0.2, -0.15) is 0 Å². The molecule has 1 N–H and O–H groups in total. The summed E-state index contributed by atoms with van der Waals surface area (Å²) in [6.07, 6.45) is 1.02. The lowest BCUT2D eigenvalue weighted by molar-refractivity contribution is 0.185. The van der Waals surface area contributed by atoms with Gasteiger partial charge in [0.05, 0.1) is 13.2 Å². The van der Waals surface area contributed by atoms with Crippen LogP contribution >= 0.6 is 0 Å². The molecule has 2 rings (SSSR count). The molecule has 0 aliphatic carbocycles. The fourth-order valence-corrected chi connectivity index (χ4v) is 2.04. The molecule has 0 unspecified atom stereocenters. The highest BCUT2D eigenvalue weighted by atomic mass is 16.5. The van der Waals surface area contributed by atoms with Crippen molar-refractivity contribution in [2.45, 2.75) is 26.5 Å². The van der Waals surface area contributed by atoms with E-state index in [-0.39, 0.29) is 0 Å². The van der Waals surface area contributed by atoms with Crippen LogP contribution in [0.5, 0.6) is 5.75 Å². The zero-order valence-electron chi connectivity index (χ0n) is 12.8. The number of nitrogens with one attached hydrogen (secondary N) is 1. The maximum atomic E-state index is 5.64. The van der Waals surface area contributed by atoms with Crippen LogP contribution in [0.25, 0.3) is 0 Å². The second-order valence-electron chi connectivity index (χ2n) is 4.98. The SMILES string of the molecule is CCCOc1cccc(NCc2ccc(COC)cc2)c1. The second kappa shape index (κ2) is 8.32. The Morgan fingerprint density at radius 1 is 1.00 bits per heavy atom. The standard InChI is InChI=1S/C18H23NO2/c1-3-11-21-18-6-4-5-17(12-18)19-13-15-7-9-16(10-8-15)14-20-2/h4-10,12,19H,3,11,13-14H2,1-2H3. The van der Waals surface area contributed by atoms with Gasteiger partial charge in [-0.25, -0.2) is 0 Å². The molecule has 3 heteroatoms. The molecule has 2 aromatic rings. The van der Waals surface area contributed by atoms with E-state index in [4.69, 9.17) is 9.47 Å². The molecule has 0 atom stereocenters. The van der Waals surface area contributed by atoms with Gasteiger partial charge in [0.15, 0.2) is 0 Å². The quantitative estimate of drug-likeness (QED) is 0.787. The third-order valence-electron chi connectivity index (χ3n) is 3.14. The zero-order chi connectivity index (χ0) is 14.9. The molecule has 0 saturated heterocycles. The lowest BCUT2D eigenvalue weighted by Crippen LogP contribution is -2.01. The normalized spacial score (nSPS) is 10.4. The molecule has 0 radical (unpaired) electrons. The molecule has 0 amide bonds. The number of rotatable bonds is 8. The van der Waals surface area contributed by atoms with Crippen LogP contribution in [0.4, 0.5) is 5.69 Å². The van der Waals surface area contributed by atoms with E-state index in [0.29, 0.717) is 6.61 Å². The first-order valence-electron chi connectivity index (χ1n) is 7.35. The van der Waals surface area contributed by atoms with Crippen LogP contribution in [0.2, 0.25) is 0 Å². The number of benzene rings is 2.